The number of carboxylic acid groups (broad SMARTS) is 1. The van der Waals surface area contributed by atoms with Gasteiger partial charge in [0.15, 0.2) is 0 Å². The minimum atomic E-state index is -0.824. The van der Waals surface area contributed by atoms with Gasteiger partial charge in [-0.3, -0.25) is 10.1 Å². The van der Waals surface area contributed by atoms with Crippen LogP contribution in [0.1, 0.15) is 45.2 Å². The highest BCUT2D eigenvalue weighted by atomic mass is 16.4. The Morgan fingerprint density at radius 1 is 1.29 bits per heavy atom. The molecule has 3 heteroatoms. The van der Waals surface area contributed by atoms with Crippen LogP contribution in [0.2, 0.25) is 0 Å². The molecule has 3 nitrogen and oxygen atoms in total. The highest BCUT2D eigenvalue weighted by Gasteiger charge is 2.35. The average Bonchev–Trinajstić information content (AvgIpc) is 2.36. The molecule has 94 valence electrons. The van der Waals surface area contributed by atoms with E-state index in [9.17, 15) is 9.90 Å². The maximum absolute atomic E-state index is 11.4. The molecule has 2 N–H and O–H groups in total. The van der Waals surface area contributed by atoms with Gasteiger partial charge in [0.1, 0.15) is 5.54 Å². The third kappa shape index (κ3) is 3.07. The topological polar surface area (TPSA) is 49.3 Å². The second-order valence-corrected chi connectivity index (χ2v) is 4.37. The summed E-state index contributed by atoms with van der Waals surface area (Å²) in [4.78, 5) is 11.4. The van der Waals surface area contributed by atoms with Crippen molar-refractivity contribution in [1.29, 1.82) is 0 Å². The second-order valence-electron chi connectivity index (χ2n) is 4.37. The first-order valence-corrected chi connectivity index (χ1v) is 6.11. The minimum absolute atomic E-state index is 0.0344. The van der Waals surface area contributed by atoms with Crippen molar-refractivity contribution in [1.82, 2.24) is 5.32 Å². The van der Waals surface area contributed by atoms with Gasteiger partial charge in [0.2, 0.25) is 0 Å². The number of benzene rings is 1. The summed E-state index contributed by atoms with van der Waals surface area (Å²) in [6, 6.07) is 9.94. The molecule has 1 rings (SSSR count). The molecule has 1 aromatic rings. The van der Waals surface area contributed by atoms with E-state index < -0.39 is 11.5 Å². The molecule has 0 aliphatic heterocycles. The van der Waals surface area contributed by atoms with Crippen molar-refractivity contribution in [2.24, 2.45) is 0 Å². The van der Waals surface area contributed by atoms with Crippen LogP contribution in [0.15, 0.2) is 30.3 Å². The highest BCUT2D eigenvalue weighted by Crippen LogP contribution is 2.22. The quantitative estimate of drug-likeness (QED) is 0.797. The fourth-order valence-electron chi connectivity index (χ4n) is 2.06. The van der Waals surface area contributed by atoms with Gasteiger partial charge in [-0.2, -0.15) is 0 Å². The van der Waals surface area contributed by atoms with Gasteiger partial charge in [-0.05, 0) is 25.3 Å². The van der Waals surface area contributed by atoms with E-state index in [4.69, 9.17) is 0 Å². The van der Waals surface area contributed by atoms with Crippen molar-refractivity contribution in [3.05, 3.63) is 35.9 Å². The van der Waals surface area contributed by atoms with Gasteiger partial charge in [-0.25, -0.2) is 0 Å². The summed E-state index contributed by atoms with van der Waals surface area (Å²) in [6.07, 6.45) is 1.16. The van der Waals surface area contributed by atoms with Crippen molar-refractivity contribution >= 4 is 5.97 Å². The molecule has 0 heterocycles. The third-order valence-corrected chi connectivity index (χ3v) is 3.41. The van der Waals surface area contributed by atoms with Crippen LogP contribution in [0.4, 0.5) is 0 Å². The summed E-state index contributed by atoms with van der Waals surface area (Å²) in [7, 11) is 0. The maximum atomic E-state index is 11.4. The van der Waals surface area contributed by atoms with Gasteiger partial charge >= 0.3 is 5.97 Å². The summed E-state index contributed by atoms with van der Waals surface area (Å²) in [5, 5.41) is 12.6. The highest BCUT2D eigenvalue weighted by molar-refractivity contribution is 5.78. The number of hydrogen-bond acceptors (Lipinski definition) is 2. The first kappa shape index (κ1) is 13.7. The number of hydrogen-bond donors (Lipinski definition) is 2. The van der Waals surface area contributed by atoms with Gasteiger partial charge in [0, 0.05) is 6.04 Å². The largest absolute Gasteiger partial charge is 0.480 e. The monoisotopic (exact) mass is 235 g/mol. The van der Waals surface area contributed by atoms with Gasteiger partial charge in [-0.15, -0.1) is 0 Å². The van der Waals surface area contributed by atoms with Crippen LogP contribution in [-0.2, 0) is 4.79 Å². The van der Waals surface area contributed by atoms with Gasteiger partial charge < -0.3 is 5.11 Å². The van der Waals surface area contributed by atoms with Crippen molar-refractivity contribution < 1.29 is 9.90 Å². The van der Waals surface area contributed by atoms with Gasteiger partial charge in [0.05, 0.1) is 0 Å². The number of nitrogens with one attached hydrogen (secondary N) is 1. The van der Waals surface area contributed by atoms with Crippen molar-refractivity contribution in [2.45, 2.75) is 45.2 Å². The molecule has 0 aliphatic rings. The molecule has 0 spiro atoms. The lowest BCUT2D eigenvalue weighted by Gasteiger charge is -2.32. The smallest absolute Gasteiger partial charge is 0.323 e. The number of rotatable bonds is 6. The lowest BCUT2D eigenvalue weighted by atomic mass is 9.91. The molecule has 0 fully saturated rings. The van der Waals surface area contributed by atoms with Crippen LogP contribution >= 0.6 is 0 Å². The molecule has 1 aromatic carbocycles. The molecule has 0 saturated carbocycles. The predicted molar refractivity (Wildman–Crippen MR) is 68.9 cm³/mol. The van der Waals surface area contributed by atoms with Crippen LogP contribution in [0.25, 0.3) is 0 Å². The van der Waals surface area contributed by atoms with Crippen LogP contribution in [0.5, 0.6) is 0 Å². The van der Waals surface area contributed by atoms with Crippen molar-refractivity contribution in [2.75, 3.05) is 0 Å². The fourth-order valence-corrected chi connectivity index (χ4v) is 2.06. The SMILES string of the molecule is CCC(CC)(NC(C)c1ccccc1)C(=O)O. The molecule has 0 saturated heterocycles. The molecular weight excluding hydrogens is 214 g/mol. The van der Waals surface area contributed by atoms with Crippen LogP contribution in [0.3, 0.4) is 0 Å². The fraction of sp³-hybridized carbons (Fsp3) is 0.500. The number of carboxylic acids is 1. The van der Waals surface area contributed by atoms with Crippen molar-refractivity contribution in [3.63, 3.8) is 0 Å². The van der Waals surface area contributed by atoms with E-state index >= 15 is 0 Å². The number of carbonyl (C=O) groups is 1. The Bertz CT molecular complexity index is 358. The number of aliphatic carboxylic acids is 1. The Kier molecular flexibility index (Phi) is 4.70. The maximum Gasteiger partial charge on any atom is 0.323 e. The molecule has 0 amide bonds. The summed E-state index contributed by atoms with van der Waals surface area (Å²) in [6.45, 7) is 5.81. The second kappa shape index (κ2) is 5.82. The lowest BCUT2D eigenvalue weighted by Crippen LogP contribution is -2.52. The third-order valence-electron chi connectivity index (χ3n) is 3.41. The van der Waals surface area contributed by atoms with E-state index in [2.05, 4.69) is 5.32 Å². The Labute approximate surface area is 103 Å². The van der Waals surface area contributed by atoms with E-state index in [0.717, 1.165) is 5.56 Å². The van der Waals surface area contributed by atoms with E-state index in [-0.39, 0.29) is 6.04 Å². The average molecular weight is 235 g/mol. The van der Waals surface area contributed by atoms with Crippen molar-refractivity contribution in [3.8, 4) is 0 Å². The zero-order valence-corrected chi connectivity index (χ0v) is 10.7. The zero-order chi connectivity index (χ0) is 12.9. The molecule has 17 heavy (non-hydrogen) atoms. The predicted octanol–water partition coefficient (Wildman–Crippen LogP) is 2.98. The van der Waals surface area contributed by atoms with Crippen LogP contribution in [-0.4, -0.2) is 16.6 Å². The normalized spacial score (nSPS) is 13.4. The molecule has 0 bridgehead atoms. The Morgan fingerprint density at radius 2 is 1.82 bits per heavy atom. The van der Waals surface area contributed by atoms with Gasteiger partial charge in [-0.1, -0.05) is 44.2 Å². The zero-order valence-electron chi connectivity index (χ0n) is 10.7. The van der Waals surface area contributed by atoms with E-state index in [1.54, 1.807) is 0 Å². The summed E-state index contributed by atoms with van der Waals surface area (Å²) in [5.41, 5.74) is 0.287. The summed E-state index contributed by atoms with van der Waals surface area (Å²) in [5.74, 6) is -0.773. The van der Waals surface area contributed by atoms with E-state index in [1.807, 2.05) is 51.1 Å². The first-order chi connectivity index (χ1) is 8.05. The molecular formula is C14H21NO2. The standard InChI is InChI=1S/C14H21NO2/c1-4-14(5-2,13(16)17)15-11(3)12-9-7-6-8-10-12/h6-11,15H,4-5H2,1-3H3,(H,16,17). The molecule has 0 aliphatic carbocycles. The lowest BCUT2D eigenvalue weighted by molar-refractivity contribution is -0.145. The van der Waals surface area contributed by atoms with E-state index in [0.29, 0.717) is 12.8 Å². The molecule has 0 radical (unpaired) electrons. The Morgan fingerprint density at radius 3 is 2.24 bits per heavy atom. The van der Waals surface area contributed by atoms with Gasteiger partial charge in [0.25, 0.3) is 0 Å². The van der Waals surface area contributed by atoms with E-state index in [1.165, 1.54) is 0 Å². The minimum Gasteiger partial charge on any atom is -0.480 e. The molecule has 1 unspecified atom stereocenters. The first-order valence-electron chi connectivity index (χ1n) is 6.11. The molecule has 0 aromatic heterocycles. The Hall–Kier alpha value is -1.35. The summed E-state index contributed by atoms with van der Waals surface area (Å²) < 4.78 is 0. The Balaban J connectivity index is 2.85. The summed E-state index contributed by atoms with van der Waals surface area (Å²) >= 11 is 0. The molecule has 1 atom stereocenters. The van der Waals surface area contributed by atoms with Crippen LogP contribution in [0, 0.1) is 0 Å². The van der Waals surface area contributed by atoms with Crippen LogP contribution < -0.4 is 5.32 Å².